The third kappa shape index (κ3) is 4.47. The van der Waals surface area contributed by atoms with E-state index in [1.807, 2.05) is 13.8 Å². The van der Waals surface area contributed by atoms with Gasteiger partial charge in [0.15, 0.2) is 10.1 Å². The average molecular weight is 328 g/mol. The number of ketones is 1. The van der Waals surface area contributed by atoms with Gasteiger partial charge in [-0.1, -0.05) is 46.8 Å². The van der Waals surface area contributed by atoms with Crippen molar-refractivity contribution in [2.75, 3.05) is 11.1 Å². The fraction of sp³-hybridized carbons (Fsp3) is 0.308. The lowest BCUT2D eigenvalue weighted by Gasteiger charge is -2.03. The minimum atomic E-state index is 0.0334. The molecule has 2 rings (SSSR count). The number of carbonyl (C=O) groups excluding carboxylic acids is 1. The van der Waals surface area contributed by atoms with Gasteiger partial charge >= 0.3 is 0 Å². The van der Waals surface area contributed by atoms with E-state index < -0.39 is 0 Å². The number of Topliss-reactive ketones (excluding diaryl/α,β-unsaturated/α-hetero) is 1. The zero-order valence-corrected chi connectivity index (χ0v) is 13.5. The van der Waals surface area contributed by atoms with E-state index in [0.29, 0.717) is 22.4 Å². The van der Waals surface area contributed by atoms with Crippen molar-refractivity contribution in [2.24, 2.45) is 0 Å². The highest BCUT2D eigenvalue weighted by Crippen LogP contribution is 2.26. The van der Waals surface area contributed by atoms with E-state index in [4.69, 9.17) is 11.6 Å². The number of carbonyl (C=O) groups is 1. The highest BCUT2D eigenvalue weighted by Gasteiger charge is 2.10. The van der Waals surface area contributed by atoms with Crippen LogP contribution in [0, 0.1) is 0 Å². The number of benzene rings is 1. The molecule has 0 aliphatic rings. The van der Waals surface area contributed by atoms with Crippen LogP contribution in [0.3, 0.4) is 0 Å². The van der Waals surface area contributed by atoms with Crippen LogP contribution in [0.15, 0.2) is 28.6 Å². The molecular weight excluding hydrogens is 314 g/mol. The summed E-state index contributed by atoms with van der Waals surface area (Å²) < 4.78 is 0.781. The lowest BCUT2D eigenvalue weighted by Crippen LogP contribution is -2.08. The molecule has 1 aromatic carbocycles. The number of aromatic nitrogens is 2. The molecule has 4 nitrogen and oxygen atoms in total. The van der Waals surface area contributed by atoms with Crippen molar-refractivity contribution in [3.8, 4) is 0 Å². The van der Waals surface area contributed by atoms with Crippen LogP contribution in [0.5, 0.6) is 0 Å². The highest BCUT2D eigenvalue weighted by atomic mass is 35.5. The quantitative estimate of drug-likeness (QED) is 0.642. The van der Waals surface area contributed by atoms with Gasteiger partial charge < -0.3 is 5.32 Å². The van der Waals surface area contributed by atoms with Crippen molar-refractivity contribution in [1.29, 1.82) is 0 Å². The Kier molecular flexibility index (Phi) is 5.39. The SMILES string of the molecule is CC(C)Nc1nnc(SCC(=O)c2cccc(Cl)c2)s1. The molecule has 0 aliphatic heterocycles. The highest BCUT2D eigenvalue weighted by molar-refractivity contribution is 8.01. The Morgan fingerprint density at radius 1 is 1.45 bits per heavy atom. The Labute approximate surface area is 130 Å². The van der Waals surface area contributed by atoms with Crippen LogP contribution in [0.4, 0.5) is 5.13 Å². The van der Waals surface area contributed by atoms with Gasteiger partial charge in [-0.25, -0.2) is 0 Å². The zero-order valence-electron chi connectivity index (χ0n) is 11.1. The topological polar surface area (TPSA) is 54.9 Å². The van der Waals surface area contributed by atoms with Crippen molar-refractivity contribution in [2.45, 2.75) is 24.2 Å². The maximum Gasteiger partial charge on any atom is 0.206 e. The number of nitrogens with one attached hydrogen (secondary N) is 1. The summed E-state index contributed by atoms with van der Waals surface area (Å²) >= 11 is 8.71. The lowest BCUT2D eigenvalue weighted by molar-refractivity contribution is 0.102. The van der Waals surface area contributed by atoms with Crippen LogP contribution in [0.1, 0.15) is 24.2 Å². The molecule has 106 valence electrons. The van der Waals surface area contributed by atoms with Crippen LogP contribution in [0.2, 0.25) is 5.02 Å². The third-order valence-corrected chi connectivity index (χ3v) is 4.51. The molecule has 0 fully saturated rings. The maximum atomic E-state index is 12.0. The standard InChI is InChI=1S/C13H14ClN3OS2/c1-8(2)15-12-16-17-13(20-12)19-7-11(18)9-4-3-5-10(14)6-9/h3-6,8H,7H2,1-2H3,(H,15,16). The number of anilines is 1. The number of halogens is 1. The molecule has 1 aromatic heterocycles. The monoisotopic (exact) mass is 327 g/mol. The van der Waals surface area contributed by atoms with Crippen LogP contribution in [0.25, 0.3) is 0 Å². The normalized spacial score (nSPS) is 10.8. The van der Waals surface area contributed by atoms with Gasteiger partial charge in [-0.05, 0) is 26.0 Å². The summed E-state index contributed by atoms with van der Waals surface area (Å²) in [5, 5.41) is 12.6. The van der Waals surface area contributed by atoms with Gasteiger partial charge in [-0.3, -0.25) is 4.79 Å². The third-order valence-electron chi connectivity index (χ3n) is 2.29. The fourth-order valence-electron chi connectivity index (χ4n) is 1.45. The van der Waals surface area contributed by atoms with Crippen molar-refractivity contribution < 1.29 is 4.79 Å². The van der Waals surface area contributed by atoms with Crippen LogP contribution in [-0.4, -0.2) is 27.8 Å². The summed E-state index contributed by atoms with van der Waals surface area (Å²) in [5.41, 5.74) is 0.620. The smallest absolute Gasteiger partial charge is 0.206 e. The Balaban J connectivity index is 1.92. The molecule has 0 aliphatic carbocycles. The molecule has 0 bridgehead atoms. The first-order chi connectivity index (χ1) is 9.54. The zero-order chi connectivity index (χ0) is 14.5. The Hall–Kier alpha value is -1.11. The molecule has 1 heterocycles. The summed E-state index contributed by atoms with van der Waals surface area (Å²) in [5.74, 6) is 0.363. The summed E-state index contributed by atoms with van der Waals surface area (Å²) in [7, 11) is 0. The van der Waals surface area contributed by atoms with Gasteiger partial charge in [0.05, 0.1) is 5.75 Å². The molecule has 0 atom stereocenters. The van der Waals surface area contributed by atoms with E-state index in [1.165, 1.54) is 23.1 Å². The van der Waals surface area contributed by atoms with Crippen LogP contribution < -0.4 is 5.32 Å². The van der Waals surface area contributed by atoms with Crippen molar-refractivity contribution in [1.82, 2.24) is 10.2 Å². The second-order valence-corrected chi connectivity index (χ2v) is 7.03. The van der Waals surface area contributed by atoms with Gasteiger partial charge in [-0.2, -0.15) is 0 Å². The number of hydrogen-bond acceptors (Lipinski definition) is 6. The average Bonchev–Trinajstić information content (AvgIpc) is 2.82. The molecule has 0 spiro atoms. The van der Waals surface area contributed by atoms with Gasteiger partial charge in [0.2, 0.25) is 5.13 Å². The first-order valence-corrected chi connectivity index (χ1v) is 8.24. The number of nitrogens with zero attached hydrogens (tertiary/aromatic N) is 2. The molecular formula is C13H14ClN3OS2. The molecule has 7 heteroatoms. The minimum Gasteiger partial charge on any atom is -0.358 e. The molecule has 2 aromatic rings. The van der Waals surface area contributed by atoms with E-state index in [9.17, 15) is 4.79 Å². The second kappa shape index (κ2) is 7.06. The maximum absolute atomic E-state index is 12.0. The Morgan fingerprint density at radius 3 is 2.95 bits per heavy atom. The predicted octanol–water partition coefficient (Wildman–Crippen LogP) is 3.99. The predicted molar refractivity (Wildman–Crippen MR) is 85.2 cm³/mol. The van der Waals surface area contributed by atoms with E-state index in [2.05, 4.69) is 15.5 Å². The molecule has 0 radical (unpaired) electrons. The number of thioether (sulfide) groups is 1. The van der Waals surface area contributed by atoms with Crippen molar-refractivity contribution in [3.05, 3.63) is 34.9 Å². The first kappa shape index (κ1) is 15.3. The molecule has 0 saturated heterocycles. The molecule has 1 N–H and O–H groups in total. The van der Waals surface area contributed by atoms with E-state index in [1.54, 1.807) is 24.3 Å². The molecule has 20 heavy (non-hydrogen) atoms. The van der Waals surface area contributed by atoms with Crippen molar-refractivity contribution in [3.63, 3.8) is 0 Å². The van der Waals surface area contributed by atoms with Gasteiger partial charge in [0.25, 0.3) is 0 Å². The summed E-state index contributed by atoms with van der Waals surface area (Å²) in [6, 6.07) is 7.28. The van der Waals surface area contributed by atoms with E-state index >= 15 is 0 Å². The summed E-state index contributed by atoms with van der Waals surface area (Å²) in [6.07, 6.45) is 0. The van der Waals surface area contributed by atoms with Crippen LogP contribution in [-0.2, 0) is 0 Å². The molecule has 0 amide bonds. The summed E-state index contributed by atoms with van der Waals surface area (Å²) in [4.78, 5) is 12.0. The first-order valence-electron chi connectivity index (χ1n) is 6.06. The number of hydrogen-bond donors (Lipinski definition) is 1. The lowest BCUT2D eigenvalue weighted by atomic mass is 10.1. The summed E-state index contributed by atoms with van der Waals surface area (Å²) in [6.45, 7) is 4.08. The number of rotatable bonds is 6. The van der Waals surface area contributed by atoms with Gasteiger partial charge in [-0.15, -0.1) is 10.2 Å². The second-order valence-electron chi connectivity index (χ2n) is 4.39. The van der Waals surface area contributed by atoms with E-state index in [0.717, 1.165) is 9.47 Å². The van der Waals surface area contributed by atoms with Gasteiger partial charge in [0.1, 0.15) is 0 Å². The van der Waals surface area contributed by atoms with Crippen LogP contribution >= 0.6 is 34.7 Å². The Morgan fingerprint density at radius 2 is 2.25 bits per heavy atom. The fourth-order valence-corrected chi connectivity index (χ4v) is 3.43. The van der Waals surface area contributed by atoms with Gasteiger partial charge in [0, 0.05) is 16.6 Å². The molecule has 0 unspecified atom stereocenters. The minimum absolute atomic E-state index is 0.0334. The van der Waals surface area contributed by atoms with E-state index in [-0.39, 0.29) is 5.78 Å². The molecule has 0 saturated carbocycles. The van der Waals surface area contributed by atoms with Crippen molar-refractivity contribution >= 4 is 45.6 Å². The largest absolute Gasteiger partial charge is 0.358 e. The Bertz CT molecular complexity index is 601.